The molecular formula is C24H40N6O5S. The molecule has 0 aromatic carbocycles. The van der Waals surface area contributed by atoms with Crippen LogP contribution in [-0.2, 0) is 14.9 Å². The second-order valence-corrected chi connectivity index (χ2v) is 12.5. The third-order valence-electron chi connectivity index (χ3n) is 7.93. The molecule has 0 bridgehead atoms. The van der Waals surface area contributed by atoms with Gasteiger partial charge in [0.15, 0.2) is 5.69 Å². The van der Waals surface area contributed by atoms with Crippen LogP contribution in [0.5, 0.6) is 0 Å². The van der Waals surface area contributed by atoms with Crippen LogP contribution in [-0.4, -0.2) is 110 Å². The zero-order valence-corrected chi connectivity index (χ0v) is 22.0. The van der Waals surface area contributed by atoms with E-state index in [1.807, 2.05) is 6.92 Å². The molecule has 3 saturated heterocycles. The van der Waals surface area contributed by atoms with Gasteiger partial charge >= 0.3 is 0 Å². The summed E-state index contributed by atoms with van der Waals surface area (Å²) >= 11 is 0. The van der Waals surface area contributed by atoms with Crippen LogP contribution < -0.4 is 10.6 Å². The number of hydrogen-bond donors (Lipinski definition) is 2. The summed E-state index contributed by atoms with van der Waals surface area (Å²) in [7, 11) is -3.52. The van der Waals surface area contributed by atoms with Gasteiger partial charge in [-0.25, -0.2) is 0 Å². The van der Waals surface area contributed by atoms with Crippen molar-refractivity contribution >= 4 is 16.1 Å². The Bertz CT molecular complexity index is 985. The quantitative estimate of drug-likeness (QED) is 0.486. The molecule has 1 aliphatic carbocycles. The molecule has 0 spiro atoms. The van der Waals surface area contributed by atoms with Gasteiger partial charge in [0.25, 0.3) is 16.1 Å². The first kappa shape index (κ1) is 26.1. The standard InChI is InChI=1S/C24H40N6O5S/c1-18-16-21(26-24(31)22-17-23(35-27-22)19-2-3-19)6-10-30(18)36(32,33)29-8-4-20(5-9-29)25-7-11-28-12-14-34-15-13-28/h17-21,25H,2-16H2,1H3,(H,26,31)/t18-,21-/m0/s1. The number of morpholine rings is 1. The Morgan fingerprint density at radius 1 is 1.06 bits per heavy atom. The van der Waals surface area contributed by atoms with Crippen molar-refractivity contribution in [1.82, 2.24) is 29.3 Å². The Morgan fingerprint density at radius 2 is 1.78 bits per heavy atom. The molecule has 0 radical (unpaired) electrons. The highest BCUT2D eigenvalue weighted by molar-refractivity contribution is 7.86. The van der Waals surface area contributed by atoms with E-state index in [2.05, 4.69) is 20.7 Å². The predicted octanol–water partition coefficient (Wildman–Crippen LogP) is 0.766. The van der Waals surface area contributed by atoms with Crippen molar-refractivity contribution < 1.29 is 22.5 Å². The highest BCUT2D eigenvalue weighted by Crippen LogP contribution is 2.40. The van der Waals surface area contributed by atoms with Crippen LogP contribution in [0, 0.1) is 0 Å². The van der Waals surface area contributed by atoms with Gasteiger partial charge in [0.2, 0.25) is 0 Å². The fourth-order valence-corrected chi connectivity index (χ4v) is 7.38. The molecule has 3 aliphatic heterocycles. The first-order valence-corrected chi connectivity index (χ1v) is 14.9. The molecule has 0 unspecified atom stereocenters. The highest BCUT2D eigenvalue weighted by Gasteiger charge is 2.39. The third-order valence-corrected chi connectivity index (χ3v) is 10.1. The zero-order valence-electron chi connectivity index (χ0n) is 21.2. The van der Waals surface area contributed by atoms with Crippen LogP contribution in [0.15, 0.2) is 10.6 Å². The molecule has 4 heterocycles. The van der Waals surface area contributed by atoms with E-state index in [0.29, 0.717) is 50.1 Å². The largest absolute Gasteiger partial charge is 0.379 e. The SMILES string of the molecule is C[C@H]1C[C@@H](NC(=O)c2cc(C3CC3)on2)CCN1S(=O)(=O)N1CCC(NCCN2CCOCC2)CC1. The van der Waals surface area contributed by atoms with E-state index in [9.17, 15) is 13.2 Å². The smallest absolute Gasteiger partial charge is 0.282 e. The number of carbonyl (C=O) groups is 1. The van der Waals surface area contributed by atoms with Gasteiger partial charge in [-0.1, -0.05) is 5.16 Å². The normalized spacial score (nSPS) is 27.8. The molecule has 1 amide bonds. The van der Waals surface area contributed by atoms with Crippen molar-refractivity contribution in [3.8, 4) is 0 Å². The highest BCUT2D eigenvalue weighted by atomic mass is 32.2. The van der Waals surface area contributed by atoms with Gasteiger partial charge in [-0.2, -0.15) is 17.0 Å². The van der Waals surface area contributed by atoms with Crippen LogP contribution in [0.3, 0.4) is 0 Å². The Labute approximate surface area is 214 Å². The lowest BCUT2D eigenvalue weighted by Crippen LogP contribution is -2.56. The topological polar surface area (TPSA) is 120 Å². The molecule has 1 aromatic heterocycles. The molecule has 12 heteroatoms. The number of hydrogen-bond acceptors (Lipinski definition) is 8. The van der Waals surface area contributed by atoms with Crippen molar-refractivity contribution in [2.75, 3.05) is 59.0 Å². The third kappa shape index (κ3) is 6.28. The van der Waals surface area contributed by atoms with Crippen molar-refractivity contribution in [2.24, 2.45) is 0 Å². The van der Waals surface area contributed by atoms with Crippen LogP contribution >= 0.6 is 0 Å². The van der Waals surface area contributed by atoms with Crippen molar-refractivity contribution in [3.05, 3.63) is 17.5 Å². The van der Waals surface area contributed by atoms with Crippen molar-refractivity contribution in [1.29, 1.82) is 0 Å². The second-order valence-electron chi connectivity index (χ2n) is 10.6. The summed E-state index contributed by atoms with van der Waals surface area (Å²) in [4.78, 5) is 15.0. The Balaban J connectivity index is 1.05. The Kier molecular flexibility index (Phi) is 8.28. The van der Waals surface area contributed by atoms with E-state index in [-0.39, 0.29) is 18.0 Å². The van der Waals surface area contributed by atoms with Gasteiger partial charge in [-0.3, -0.25) is 9.69 Å². The number of carbonyl (C=O) groups excluding carboxylic acids is 1. The van der Waals surface area contributed by atoms with E-state index >= 15 is 0 Å². The summed E-state index contributed by atoms with van der Waals surface area (Å²) in [5.41, 5.74) is 0.307. The van der Waals surface area contributed by atoms with Gasteiger partial charge in [0, 0.05) is 75.9 Å². The van der Waals surface area contributed by atoms with Crippen LogP contribution in [0.1, 0.15) is 67.6 Å². The van der Waals surface area contributed by atoms with Gasteiger partial charge < -0.3 is 19.9 Å². The van der Waals surface area contributed by atoms with Gasteiger partial charge in [0.1, 0.15) is 5.76 Å². The van der Waals surface area contributed by atoms with E-state index in [1.54, 1.807) is 14.7 Å². The van der Waals surface area contributed by atoms with Gasteiger partial charge in [0.05, 0.1) is 13.2 Å². The first-order valence-electron chi connectivity index (χ1n) is 13.5. The number of ether oxygens (including phenoxy) is 1. The lowest BCUT2D eigenvalue weighted by molar-refractivity contribution is 0.0379. The molecule has 1 saturated carbocycles. The molecule has 2 atom stereocenters. The number of aromatic nitrogens is 1. The number of piperidine rings is 2. The maximum absolute atomic E-state index is 13.4. The number of nitrogens with zero attached hydrogens (tertiary/aromatic N) is 4. The lowest BCUT2D eigenvalue weighted by atomic mass is 10.0. The van der Waals surface area contributed by atoms with E-state index in [0.717, 1.165) is 70.8 Å². The molecular weight excluding hydrogens is 484 g/mol. The van der Waals surface area contributed by atoms with Gasteiger partial charge in [-0.15, -0.1) is 0 Å². The monoisotopic (exact) mass is 524 g/mol. The van der Waals surface area contributed by atoms with E-state index < -0.39 is 10.2 Å². The molecule has 1 aromatic rings. The number of amides is 1. The minimum Gasteiger partial charge on any atom is -0.379 e. The first-order chi connectivity index (χ1) is 17.4. The number of rotatable bonds is 9. The summed E-state index contributed by atoms with van der Waals surface area (Å²) in [6.07, 6.45) is 4.99. The minimum absolute atomic E-state index is 0.0820. The average molecular weight is 525 g/mol. The lowest BCUT2D eigenvalue weighted by Gasteiger charge is -2.41. The fourth-order valence-electron chi connectivity index (χ4n) is 5.53. The maximum atomic E-state index is 13.4. The fraction of sp³-hybridized carbons (Fsp3) is 0.833. The van der Waals surface area contributed by atoms with E-state index in [1.165, 1.54) is 0 Å². The van der Waals surface area contributed by atoms with Crippen LogP contribution in [0.2, 0.25) is 0 Å². The summed E-state index contributed by atoms with van der Waals surface area (Å²) in [5.74, 6) is 0.941. The molecule has 4 fully saturated rings. The number of nitrogens with one attached hydrogen (secondary N) is 2. The van der Waals surface area contributed by atoms with E-state index in [4.69, 9.17) is 9.26 Å². The van der Waals surface area contributed by atoms with Crippen molar-refractivity contribution in [3.63, 3.8) is 0 Å². The second kappa shape index (κ2) is 11.4. The summed E-state index contributed by atoms with van der Waals surface area (Å²) < 4.78 is 40.7. The Morgan fingerprint density at radius 3 is 2.47 bits per heavy atom. The summed E-state index contributed by atoms with van der Waals surface area (Å²) in [6, 6.07) is 1.82. The minimum atomic E-state index is -3.52. The molecule has 2 N–H and O–H groups in total. The molecule has 4 aliphatic rings. The van der Waals surface area contributed by atoms with Crippen molar-refractivity contribution in [2.45, 2.75) is 69.5 Å². The maximum Gasteiger partial charge on any atom is 0.282 e. The van der Waals surface area contributed by atoms with Crippen LogP contribution in [0.4, 0.5) is 0 Å². The predicted molar refractivity (Wildman–Crippen MR) is 134 cm³/mol. The molecule has 202 valence electrons. The summed E-state index contributed by atoms with van der Waals surface area (Å²) in [5, 5.41) is 10.5. The summed E-state index contributed by atoms with van der Waals surface area (Å²) in [6.45, 7) is 8.91. The zero-order chi connectivity index (χ0) is 25.1. The molecule has 11 nitrogen and oxygen atoms in total. The molecule has 36 heavy (non-hydrogen) atoms. The molecule has 5 rings (SSSR count). The van der Waals surface area contributed by atoms with Gasteiger partial charge in [-0.05, 0) is 45.4 Å². The Hall–Kier alpha value is -1.57. The van der Waals surface area contributed by atoms with Crippen LogP contribution in [0.25, 0.3) is 0 Å². The average Bonchev–Trinajstić information content (AvgIpc) is 3.61.